The van der Waals surface area contributed by atoms with E-state index < -0.39 is 0 Å². The fourth-order valence-electron chi connectivity index (χ4n) is 1.32. The maximum absolute atomic E-state index is 5.06. The summed E-state index contributed by atoms with van der Waals surface area (Å²) in [5.74, 6) is 2.16. The molecule has 1 saturated heterocycles. The summed E-state index contributed by atoms with van der Waals surface area (Å²) < 4.78 is 5.06. The molecule has 2 rings (SSSR count). The van der Waals surface area contributed by atoms with Gasteiger partial charge in [-0.15, -0.1) is 0 Å². The third kappa shape index (κ3) is 1.93. The van der Waals surface area contributed by atoms with E-state index in [0.29, 0.717) is 11.9 Å². The van der Waals surface area contributed by atoms with Gasteiger partial charge in [0.05, 0.1) is 13.2 Å². The number of ether oxygens (including phenoxy) is 1. The van der Waals surface area contributed by atoms with Crippen molar-refractivity contribution in [3.05, 3.63) is 11.9 Å². The normalized spacial score (nSPS) is 16.1. The number of aryl methyl sites for hydroxylation is 1. The lowest BCUT2D eigenvalue weighted by atomic mass is 10.2. The Bertz CT molecular complexity index is 325. The first kappa shape index (κ1) is 9.21. The lowest BCUT2D eigenvalue weighted by molar-refractivity contribution is 0.395. The van der Waals surface area contributed by atoms with Crippen molar-refractivity contribution >= 4 is 5.82 Å². The van der Waals surface area contributed by atoms with Crippen molar-refractivity contribution in [2.45, 2.75) is 13.0 Å². The van der Waals surface area contributed by atoms with E-state index in [9.17, 15) is 0 Å². The minimum atomic E-state index is 0.481. The van der Waals surface area contributed by atoms with Gasteiger partial charge in [0.1, 0.15) is 11.6 Å². The van der Waals surface area contributed by atoms with Crippen molar-refractivity contribution < 1.29 is 4.74 Å². The van der Waals surface area contributed by atoms with E-state index in [1.54, 1.807) is 7.11 Å². The molecule has 1 fully saturated rings. The fourth-order valence-corrected chi connectivity index (χ4v) is 1.32. The first-order valence-electron chi connectivity index (χ1n) is 4.65. The molecule has 0 unspecified atom stereocenters. The van der Waals surface area contributed by atoms with E-state index in [1.807, 2.05) is 13.0 Å². The predicted molar refractivity (Wildman–Crippen MR) is 53.6 cm³/mol. The Balaban J connectivity index is 2.11. The van der Waals surface area contributed by atoms with Crippen molar-refractivity contribution in [1.29, 1.82) is 0 Å². The van der Waals surface area contributed by atoms with Crippen LogP contribution in [0.25, 0.3) is 0 Å². The maximum atomic E-state index is 5.06. The van der Waals surface area contributed by atoms with Crippen LogP contribution in [0.3, 0.4) is 0 Å². The van der Waals surface area contributed by atoms with Crippen LogP contribution in [0.2, 0.25) is 0 Å². The molecule has 1 aromatic heterocycles. The molecular weight excluding hydrogens is 180 g/mol. The van der Waals surface area contributed by atoms with Crippen LogP contribution >= 0.6 is 0 Å². The molecule has 0 saturated carbocycles. The summed E-state index contributed by atoms with van der Waals surface area (Å²) >= 11 is 0. The third-order valence-electron chi connectivity index (χ3n) is 2.16. The lowest BCUT2D eigenvalue weighted by Crippen LogP contribution is -2.51. The number of hydrogen-bond acceptors (Lipinski definition) is 5. The minimum Gasteiger partial charge on any atom is -0.481 e. The molecule has 0 aromatic carbocycles. The number of nitrogens with one attached hydrogen (secondary N) is 2. The Morgan fingerprint density at radius 3 is 2.86 bits per heavy atom. The second-order valence-corrected chi connectivity index (χ2v) is 3.34. The molecule has 0 radical (unpaired) electrons. The van der Waals surface area contributed by atoms with E-state index in [2.05, 4.69) is 20.6 Å². The predicted octanol–water partition coefficient (Wildman–Crippen LogP) is 0.177. The molecule has 0 spiro atoms. The van der Waals surface area contributed by atoms with Gasteiger partial charge in [-0.05, 0) is 6.92 Å². The number of nitrogens with zero attached hydrogens (tertiary/aromatic N) is 2. The van der Waals surface area contributed by atoms with Gasteiger partial charge in [0, 0.05) is 19.2 Å². The van der Waals surface area contributed by atoms with Crippen LogP contribution in [-0.2, 0) is 0 Å². The quantitative estimate of drug-likeness (QED) is 0.718. The van der Waals surface area contributed by atoms with Crippen LogP contribution in [0.15, 0.2) is 6.07 Å². The van der Waals surface area contributed by atoms with E-state index in [0.717, 1.165) is 24.7 Å². The second kappa shape index (κ2) is 3.79. The van der Waals surface area contributed by atoms with Crippen LogP contribution in [0.1, 0.15) is 5.82 Å². The summed E-state index contributed by atoms with van der Waals surface area (Å²) in [5.41, 5.74) is 0. The Morgan fingerprint density at radius 2 is 2.29 bits per heavy atom. The van der Waals surface area contributed by atoms with Gasteiger partial charge in [-0.1, -0.05) is 0 Å². The monoisotopic (exact) mass is 194 g/mol. The highest BCUT2D eigenvalue weighted by molar-refractivity contribution is 5.40. The molecule has 1 aliphatic rings. The Kier molecular flexibility index (Phi) is 2.49. The van der Waals surface area contributed by atoms with Gasteiger partial charge >= 0.3 is 0 Å². The molecule has 76 valence electrons. The summed E-state index contributed by atoms with van der Waals surface area (Å²) in [4.78, 5) is 8.39. The Morgan fingerprint density at radius 1 is 1.50 bits per heavy atom. The number of anilines is 1. The zero-order valence-electron chi connectivity index (χ0n) is 8.37. The van der Waals surface area contributed by atoms with Crippen molar-refractivity contribution in [2.75, 3.05) is 25.5 Å². The van der Waals surface area contributed by atoms with Gasteiger partial charge in [0.2, 0.25) is 5.88 Å². The standard InChI is InChI=1S/C9H14N4O/c1-6-11-8(3-9(12-6)14-2)13-7-4-10-5-7/h3,7,10H,4-5H2,1-2H3,(H,11,12,13). The van der Waals surface area contributed by atoms with Crippen LogP contribution in [-0.4, -0.2) is 36.2 Å². The van der Waals surface area contributed by atoms with Crippen molar-refractivity contribution in [3.63, 3.8) is 0 Å². The zero-order chi connectivity index (χ0) is 9.97. The third-order valence-corrected chi connectivity index (χ3v) is 2.16. The van der Waals surface area contributed by atoms with E-state index >= 15 is 0 Å². The van der Waals surface area contributed by atoms with Gasteiger partial charge in [-0.3, -0.25) is 0 Å². The molecular formula is C9H14N4O. The topological polar surface area (TPSA) is 59.1 Å². The molecule has 0 bridgehead atoms. The highest BCUT2D eigenvalue weighted by Crippen LogP contribution is 2.14. The molecule has 2 heterocycles. The van der Waals surface area contributed by atoms with Gasteiger partial charge in [0.25, 0.3) is 0 Å². The zero-order valence-corrected chi connectivity index (χ0v) is 8.37. The molecule has 14 heavy (non-hydrogen) atoms. The smallest absolute Gasteiger partial charge is 0.218 e. The maximum Gasteiger partial charge on any atom is 0.218 e. The molecule has 0 amide bonds. The summed E-state index contributed by atoms with van der Waals surface area (Å²) in [7, 11) is 1.61. The summed E-state index contributed by atoms with van der Waals surface area (Å²) in [6.07, 6.45) is 0. The van der Waals surface area contributed by atoms with Crippen LogP contribution in [0.4, 0.5) is 5.82 Å². The lowest BCUT2D eigenvalue weighted by Gasteiger charge is -2.28. The average Bonchev–Trinajstić information content (AvgIpc) is 2.10. The molecule has 5 heteroatoms. The van der Waals surface area contributed by atoms with E-state index in [4.69, 9.17) is 4.74 Å². The molecule has 0 atom stereocenters. The van der Waals surface area contributed by atoms with E-state index in [-0.39, 0.29) is 0 Å². The summed E-state index contributed by atoms with van der Waals surface area (Å²) in [6, 6.07) is 2.29. The average molecular weight is 194 g/mol. The van der Waals surface area contributed by atoms with Crippen LogP contribution in [0.5, 0.6) is 5.88 Å². The number of hydrogen-bond donors (Lipinski definition) is 2. The van der Waals surface area contributed by atoms with E-state index in [1.165, 1.54) is 0 Å². The first-order chi connectivity index (χ1) is 6.78. The largest absolute Gasteiger partial charge is 0.481 e. The first-order valence-corrected chi connectivity index (χ1v) is 4.65. The van der Waals surface area contributed by atoms with Gasteiger partial charge in [-0.25, -0.2) is 4.98 Å². The van der Waals surface area contributed by atoms with Crippen molar-refractivity contribution in [3.8, 4) is 5.88 Å². The molecule has 5 nitrogen and oxygen atoms in total. The molecule has 1 aliphatic heterocycles. The number of methoxy groups -OCH3 is 1. The Hall–Kier alpha value is -1.36. The Labute approximate surface area is 82.9 Å². The van der Waals surface area contributed by atoms with Crippen LogP contribution in [0, 0.1) is 6.92 Å². The van der Waals surface area contributed by atoms with Gasteiger partial charge < -0.3 is 15.4 Å². The molecule has 2 N–H and O–H groups in total. The second-order valence-electron chi connectivity index (χ2n) is 3.34. The summed E-state index contributed by atoms with van der Waals surface area (Å²) in [6.45, 7) is 3.84. The number of rotatable bonds is 3. The van der Waals surface area contributed by atoms with Crippen LogP contribution < -0.4 is 15.4 Å². The highest BCUT2D eigenvalue weighted by atomic mass is 16.5. The highest BCUT2D eigenvalue weighted by Gasteiger charge is 2.16. The fraction of sp³-hybridized carbons (Fsp3) is 0.556. The number of aromatic nitrogens is 2. The van der Waals surface area contributed by atoms with Gasteiger partial charge in [0.15, 0.2) is 0 Å². The SMILES string of the molecule is COc1cc(NC2CNC2)nc(C)n1. The van der Waals surface area contributed by atoms with Crippen molar-refractivity contribution in [2.24, 2.45) is 0 Å². The molecule has 1 aromatic rings. The summed E-state index contributed by atoms with van der Waals surface area (Å²) in [5, 5.41) is 6.49. The van der Waals surface area contributed by atoms with Crippen molar-refractivity contribution in [1.82, 2.24) is 15.3 Å². The minimum absolute atomic E-state index is 0.481. The van der Waals surface area contributed by atoms with Gasteiger partial charge in [-0.2, -0.15) is 4.98 Å². The molecule has 0 aliphatic carbocycles.